The standard InChI is InChI=1S/C19H29N3O6S/c1-2-28-15(23)6-8-21-9-11-22(12-10-21)19(27)17(25)16(24)18(26)20-7-5-14-4-3-13-29-14/h3-4,13,16-17,24-25H,2,5-12H2,1H3,(H,20,26)/t16-,17-/m1/s1. The SMILES string of the molecule is CCOC(=O)CCN1CCN(C(=O)[C@H](O)[C@@H](O)C(=O)NCCc2cccs2)CC1. The Morgan fingerprint density at radius 1 is 1.21 bits per heavy atom. The summed E-state index contributed by atoms with van der Waals surface area (Å²) in [6.45, 7) is 4.75. The lowest BCUT2D eigenvalue weighted by Crippen LogP contribution is -2.55. The second kappa shape index (κ2) is 11.9. The smallest absolute Gasteiger partial charge is 0.307 e. The number of ether oxygens (including phenoxy) is 1. The lowest BCUT2D eigenvalue weighted by atomic mass is 10.1. The number of aliphatic hydroxyl groups is 2. The molecule has 1 aliphatic heterocycles. The Hall–Kier alpha value is -2.01. The molecule has 0 bridgehead atoms. The number of hydrogen-bond acceptors (Lipinski definition) is 8. The topological polar surface area (TPSA) is 119 Å². The maximum Gasteiger partial charge on any atom is 0.307 e. The Morgan fingerprint density at radius 3 is 2.55 bits per heavy atom. The Balaban J connectivity index is 1.70. The molecule has 0 aromatic carbocycles. The summed E-state index contributed by atoms with van der Waals surface area (Å²) >= 11 is 1.57. The van der Waals surface area contributed by atoms with E-state index < -0.39 is 24.0 Å². The third-order valence-corrected chi connectivity index (χ3v) is 5.63. The Kier molecular flexibility index (Phi) is 9.52. The number of hydrogen-bond donors (Lipinski definition) is 3. The van der Waals surface area contributed by atoms with Gasteiger partial charge < -0.3 is 25.2 Å². The lowest BCUT2D eigenvalue weighted by molar-refractivity contribution is -0.154. The third kappa shape index (κ3) is 7.39. The van der Waals surface area contributed by atoms with Gasteiger partial charge in [-0.1, -0.05) is 6.07 Å². The fourth-order valence-corrected chi connectivity index (χ4v) is 3.72. The molecular weight excluding hydrogens is 398 g/mol. The van der Waals surface area contributed by atoms with Gasteiger partial charge in [0, 0.05) is 44.1 Å². The van der Waals surface area contributed by atoms with E-state index in [0.29, 0.717) is 52.3 Å². The van der Waals surface area contributed by atoms with Crippen LogP contribution in [0.25, 0.3) is 0 Å². The minimum absolute atomic E-state index is 0.255. The van der Waals surface area contributed by atoms with Gasteiger partial charge in [-0.05, 0) is 24.8 Å². The summed E-state index contributed by atoms with van der Waals surface area (Å²) in [7, 11) is 0. The number of thiophene rings is 1. The molecule has 162 valence electrons. The fraction of sp³-hybridized carbons (Fsp3) is 0.632. The highest BCUT2D eigenvalue weighted by Crippen LogP contribution is 2.09. The molecule has 0 unspecified atom stereocenters. The molecule has 29 heavy (non-hydrogen) atoms. The molecule has 0 saturated carbocycles. The van der Waals surface area contributed by atoms with Crippen molar-refractivity contribution in [2.75, 3.05) is 45.9 Å². The second-order valence-corrected chi connectivity index (χ2v) is 7.76. The molecule has 2 amide bonds. The molecule has 2 rings (SSSR count). The van der Waals surface area contributed by atoms with E-state index in [1.54, 1.807) is 18.3 Å². The molecule has 2 atom stereocenters. The Labute approximate surface area is 174 Å². The van der Waals surface area contributed by atoms with E-state index in [-0.39, 0.29) is 12.4 Å². The molecule has 9 nitrogen and oxygen atoms in total. The molecule has 1 fully saturated rings. The van der Waals surface area contributed by atoms with Crippen molar-refractivity contribution in [2.45, 2.75) is 32.0 Å². The average Bonchev–Trinajstić information content (AvgIpc) is 3.24. The van der Waals surface area contributed by atoms with Crippen LogP contribution in [-0.2, 0) is 25.5 Å². The van der Waals surface area contributed by atoms with Gasteiger partial charge in [0.1, 0.15) is 0 Å². The monoisotopic (exact) mass is 427 g/mol. The van der Waals surface area contributed by atoms with Gasteiger partial charge >= 0.3 is 5.97 Å². The quantitative estimate of drug-likeness (QED) is 0.419. The van der Waals surface area contributed by atoms with Gasteiger partial charge in [0.25, 0.3) is 11.8 Å². The number of esters is 1. The largest absolute Gasteiger partial charge is 0.466 e. The van der Waals surface area contributed by atoms with Crippen LogP contribution >= 0.6 is 11.3 Å². The molecule has 0 aliphatic carbocycles. The van der Waals surface area contributed by atoms with Crippen LogP contribution in [0.2, 0.25) is 0 Å². The van der Waals surface area contributed by atoms with Gasteiger partial charge in [-0.3, -0.25) is 19.3 Å². The van der Waals surface area contributed by atoms with Crippen molar-refractivity contribution in [1.29, 1.82) is 0 Å². The van der Waals surface area contributed by atoms with Crippen LogP contribution in [0.3, 0.4) is 0 Å². The highest BCUT2D eigenvalue weighted by atomic mass is 32.1. The van der Waals surface area contributed by atoms with Crippen molar-refractivity contribution in [3.8, 4) is 0 Å². The van der Waals surface area contributed by atoms with Crippen LogP contribution in [0.5, 0.6) is 0 Å². The molecule has 0 radical (unpaired) electrons. The van der Waals surface area contributed by atoms with E-state index in [4.69, 9.17) is 4.74 Å². The summed E-state index contributed by atoms with van der Waals surface area (Å²) in [5.41, 5.74) is 0. The van der Waals surface area contributed by atoms with Gasteiger partial charge in [0.2, 0.25) is 0 Å². The van der Waals surface area contributed by atoms with Crippen molar-refractivity contribution in [2.24, 2.45) is 0 Å². The summed E-state index contributed by atoms with van der Waals surface area (Å²) in [4.78, 5) is 40.4. The highest BCUT2D eigenvalue weighted by molar-refractivity contribution is 7.09. The lowest BCUT2D eigenvalue weighted by Gasteiger charge is -2.35. The van der Waals surface area contributed by atoms with E-state index in [1.165, 1.54) is 4.90 Å². The third-order valence-electron chi connectivity index (χ3n) is 4.69. The van der Waals surface area contributed by atoms with E-state index in [2.05, 4.69) is 5.32 Å². The number of amides is 2. The summed E-state index contributed by atoms with van der Waals surface area (Å²) in [6, 6.07) is 3.85. The second-order valence-electron chi connectivity index (χ2n) is 6.73. The zero-order valence-electron chi connectivity index (χ0n) is 16.6. The Morgan fingerprint density at radius 2 is 1.93 bits per heavy atom. The number of nitrogens with one attached hydrogen (secondary N) is 1. The summed E-state index contributed by atoms with van der Waals surface area (Å²) in [6.07, 6.45) is -2.71. The van der Waals surface area contributed by atoms with Gasteiger partial charge in [-0.2, -0.15) is 0 Å². The Bertz CT molecular complexity index is 661. The first-order chi connectivity index (χ1) is 13.9. The van der Waals surface area contributed by atoms with Gasteiger partial charge in [-0.25, -0.2) is 0 Å². The van der Waals surface area contributed by atoms with Crippen LogP contribution in [-0.4, -0.2) is 95.9 Å². The van der Waals surface area contributed by atoms with Crippen LogP contribution in [0.1, 0.15) is 18.2 Å². The minimum Gasteiger partial charge on any atom is -0.466 e. The number of carbonyl (C=O) groups excluding carboxylic acids is 3. The maximum atomic E-state index is 12.4. The predicted molar refractivity (Wildman–Crippen MR) is 107 cm³/mol. The van der Waals surface area contributed by atoms with Crippen molar-refractivity contribution in [3.05, 3.63) is 22.4 Å². The molecule has 2 heterocycles. The van der Waals surface area contributed by atoms with Crippen LogP contribution in [0, 0.1) is 0 Å². The van der Waals surface area contributed by atoms with E-state index >= 15 is 0 Å². The van der Waals surface area contributed by atoms with Crippen molar-refractivity contribution >= 4 is 29.1 Å². The highest BCUT2D eigenvalue weighted by Gasteiger charge is 2.34. The number of carbonyl (C=O) groups is 3. The first-order valence-electron chi connectivity index (χ1n) is 9.75. The van der Waals surface area contributed by atoms with Crippen LogP contribution in [0.15, 0.2) is 17.5 Å². The normalized spacial score (nSPS) is 16.9. The van der Waals surface area contributed by atoms with E-state index in [9.17, 15) is 24.6 Å². The summed E-state index contributed by atoms with van der Waals surface area (Å²) < 4.78 is 4.89. The van der Waals surface area contributed by atoms with E-state index in [1.807, 2.05) is 22.4 Å². The fourth-order valence-electron chi connectivity index (χ4n) is 3.01. The van der Waals surface area contributed by atoms with Crippen molar-refractivity contribution in [1.82, 2.24) is 15.1 Å². The zero-order chi connectivity index (χ0) is 21.2. The summed E-state index contributed by atoms with van der Waals surface area (Å²) in [5.74, 6) is -1.69. The first-order valence-corrected chi connectivity index (χ1v) is 10.6. The molecule has 1 saturated heterocycles. The van der Waals surface area contributed by atoms with E-state index in [0.717, 1.165) is 4.88 Å². The predicted octanol–water partition coefficient (Wildman–Crippen LogP) is -0.774. The molecule has 0 spiro atoms. The molecule has 1 aromatic heterocycles. The number of nitrogens with zero attached hydrogens (tertiary/aromatic N) is 2. The molecule has 10 heteroatoms. The zero-order valence-corrected chi connectivity index (χ0v) is 17.4. The molecule has 1 aromatic rings. The van der Waals surface area contributed by atoms with Gasteiger partial charge in [0.05, 0.1) is 13.0 Å². The molecule has 3 N–H and O–H groups in total. The molecular formula is C19H29N3O6S. The van der Waals surface area contributed by atoms with Crippen molar-refractivity contribution in [3.63, 3.8) is 0 Å². The first kappa shape index (κ1) is 23.3. The van der Waals surface area contributed by atoms with Crippen molar-refractivity contribution < 1.29 is 29.3 Å². The number of piperazine rings is 1. The minimum atomic E-state index is -1.81. The van der Waals surface area contributed by atoms with Gasteiger partial charge in [0.15, 0.2) is 12.2 Å². The number of rotatable bonds is 10. The number of aliphatic hydroxyl groups excluding tert-OH is 2. The molecule has 1 aliphatic rings. The maximum absolute atomic E-state index is 12.4. The van der Waals surface area contributed by atoms with Crippen LogP contribution in [0.4, 0.5) is 0 Å². The summed E-state index contributed by atoms with van der Waals surface area (Å²) in [5, 5.41) is 24.6. The average molecular weight is 428 g/mol. The van der Waals surface area contributed by atoms with Gasteiger partial charge in [-0.15, -0.1) is 11.3 Å². The van der Waals surface area contributed by atoms with Crippen LogP contribution < -0.4 is 5.32 Å².